The van der Waals surface area contributed by atoms with Gasteiger partial charge in [-0.3, -0.25) is 4.90 Å². The molecule has 1 aliphatic carbocycles. The fraction of sp³-hybridized carbons (Fsp3) is 0.632. The molecule has 0 heterocycles. The predicted octanol–water partition coefficient (Wildman–Crippen LogP) is 5.55. The largest absolute Gasteiger partial charge is 0.445 e. The zero-order valence-electron chi connectivity index (χ0n) is 14.4. The van der Waals surface area contributed by atoms with Crippen LogP contribution in [0.4, 0.5) is 18.0 Å². The van der Waals surface area contributed by atoms with E-state index in [1.165, 1.54) is 19.3 Å². The molecule has 0 bridgehead atoms. The number of carbonyl (C=O) groups is 1. The number of rotatable bonds is 7. The Bertz CT molecular complexity index is 513. The third-order valence-electron chi connectivity index (χ3n) is 4.60. The van der Waals surface area contributed by atoms with Crippen LogP contribution < -0.4 is 0 Å². The third kappa shape index (κ3) is 7.80. The maximum atomic E-state index is 12.8. The van der Waals surface area contributed by atoms with Gasteiger partial charge in [-0.1, -0.05) is 62.4 Å². The van der Waals surface area contributed by atoms with E-state index >= 15 is 0 Å². The van der Waals surface area contributed by atoms with E-state index in [2.05, 4.69) is 0 Å². The van der Waals surface area contributed by atoms with Gasteiger partial charge in [0.25, 0.3) is 0 Å². The first-order valence-corrected chi connectivity index (χ1v) is 8.96. The molecule has 0 aromatic heterocycles. The van der Waals surface area contributed by atoms with Gasteiger partial charge in [-0.25, -0.2) is 4.79 Å². The zero-order chi connectivity index (χ0) is 18.1. The number of benzene rings is 1. The molecule has 0 unspecified atom stereocenters. The minimum Gasteiger partial charge on any atom is -0.445 e. The molecule has 1 aliphatic rings. The van der Waals surface area contributed by atoms with Crippen molar-refractivity contribution in [2.24, 2.45) is 5.92 Å². The quantitative estimate of drug-likeness (QED) is 0.640. The Labute approximate surface area is 147 Å². The summed E-state index contributed by atoms with van der Waals surface area (Å²) in [6, 6.07) is 8.95. The van der Waals surface area contributed by atoms with Gasteiger partial charge in [0.1, 0.15) is 13.2 Å². The van der Waals surface area contributed by atoms with E-state index in [0.717, 1.165) is 29.7 Å². The number of alkyl halides is 3. The van der Waals surface area contributed by atoms with Crippen LogP contribution in [0.25, 0.3) is 0 Å². The van der Waals surface area contributed by atoms with Crippen LogP contribution in [0.5, 0.6) is 0 Å². The van der Waals surface area contributed by atoms with Gasteiger partial charge >= 0.3 is 12.3 Å². The monoisotopic (exact) mass is 357 g/mol. The molecule has 25 heavy (non-hydrogen) atoms. The second-order valence-corrected chi connectivity index (χ2v) is 6.72. The molecule has 0 N–H and O–H groups in total. The molecule has 6 heteroatoms. The molecule has 0 aliphatic heterocycles. The van der Waals surface area contributed by atoms with Crippen molar-refractivity contribution >= 4 is 6.09 Å². The molecular weight excluding hydrogens is 331 g/mol. The molecule has 0 spiro atoms. The van der Waals surface area contributed by atoms with E-state index in [9.17, 15) is 18.0 Å². The Hall–Kier alpha value is -1.72. The summed E-state index contributed by atoms with van der Waals surface area (Å²) in [5.41, 5.74) is 0.755. The lowest BCUT2D eigenvalue weighted by molar-refractivity contribution is -0.143. The second-order valence-electron chi connectivity index (χ2n) is 6.72. The van der Waals surface area contributed by atoms with Gasteiger partial charge in [0, 0.05) is 6.54 Å². The van der Waals surface area contributed by atoms with Crippen LogP contribution in [-0.2, 0) is 11.3 Å². The zero-order valence-corrected chi connectivity index (χ0v) is 14.4. The highest BCUT2D eigenvalue weighted by molar-refractivity contribution is 5.67. The van der Waals surface area contributed by atoms with E-state index < -0.39 is 18.8 Å². The van der Waals surface area contributed by atoms with Crippen LogP contribution in [0.3, 0.4) is 0 Å². The number of hydrogen-bond acceptors (Lipinski definition) is 2. The van der Waals surface area contributed by atoms with Crippen molar-refractivity contribution in [3.05, 3.63) is 35.9 Å². The summed E-state index contributed by atoms with van der Waals surface area (Å²) < 4.78 is 43.4. The van der Waals surface area contributed by atoms with Crippen molar-refractivity contribution in [3.63, 3.8) is 0 Å². The summed E-state index contributed by atoms with van der Waals surface area (Å²) in [4.78, 5) is 12.9. The van der Waals surface area contributed by atoms with E-state index in [1.807, 2.05) is 6.07 Å². The van der Waals surface area contributed by atoms with Crippen LogP contribution in [0.1, 0.15) is 50.5 Å². The third-order valence-corrected chi connectivity index (χ3v) is 4.60. The molecule has 2 rings (SSSR count). The number of carbonyl (C=O) groups excluding carboxylic acids is 1. The summed E-state index contributed by atoms with van der Waals surface area (Å²) >= 11 is 0. The molecule has 3 nitrogen and oxygen atoms in total. The van der Waals surface area contributed by atoms with Gasteiger partial charge in [0.2, 0.25) is 0 Å². The molecule has 0 saturated heterocycles. The summed E-state index contributed by atoms with van der Waals surface area (Å²) in [6.07, 6.45) is 2.10. The summed E-state index contributed by atoms with van der Waals surface area (Å²) in [5.74, 6) is 0.585. The average molecular weight is 357 g/mol. The number of nitrogens with zero attached hydrogens (tertiary/aromatic N) is 1. The Balaban J connectivity index is 1.82. The molecule has 1 saturated carbocycles. The van der Waals surface area contributed by atoms with Crippen molar-refractivity contribution in [2.75, 3.05) is 13.1 Å². The Morgan fingerprint density at radius 3 is 2.44 bits per heavy atom. The smallest absolute Gasteiger partial charge is 0.410 e. The minimum absolute atomic E-state index is 0.0172. The fourth-order valence-electron chi connectivity index (χ4n) is 3.31. The van der Waals surface area contributed by atoms with Crippen molar-refractivity contribution in [3.8, 4) is 0 Å². The summed E-state index contributed by atoms with van der Waals surface area (Å²) in [7, 11) is 0. The van der Waals surface area contributed by atoms with E-state index in [-0.39, 0.29) is 13.2 Å². The molecule has 140 valence electrons. The molecular formula is C19H26F3NO2. The Morgan fingerprint density at radius 1 is 1.12 bits per heavy atom. The lowest BCUT2D eigenvalue weighted by atomic mass is 9.86. The van der Waals surface area contributed by atoms with E-state index in [0.29, 0.717) is 12.3 Å². The maximum absolute atomic E-state index is 12.8. The highest BCUT2D eigenvalue weighted by Gasteiger charge is 2.33. The normalized spacial score (nSPS) is 15.8. The maximum Gasteiger partial charge on any atom is 0.410 e. The Kier molecular flexibility index (Phi) is 7.59. The molecule has 1 fully saturated rings. The van der Waals surface area contributed by atoms with Gasteiger partial charge in [0.05, 0.1) is 0 Å². The SMILES string of the molecule is O=C(OCc1ccccc1)N(CCCC1CCCCC1)CC(F)(F)F. The van der Waals surface area contributed by atoms with Crippen LogP contribution >= 0.6 is 0 Å². The van der Waals surface area contributed by atoms with Crippen LogP contribution in [0, 0.1) is 5.92 Å². The number of amides is 1. The topological polar surface area (TPSA) is 29.5 Å². The van der Waals surface area contributed by atoms with E-state index in [4.69, 9.17) is 4.74 Å². The first kappa shape index (κ1) is 19.6. The Morgan fingerprint density at radius 2 is 1.80 bits per heavy atom. The lowest BCUT2D eigenvalue weighted by Crippen LogP contribution is -2.40. The summed E-state index contributed by atoms with van der Waals surface area (Å²) in [6.45, 7) is -1.19. The standard InChI is InChI=1S/C19H26F3NO2/c20-19(21,22)15-23(13-7-12-16-8-3-1-4-9-16)18(24)25-14-17-10-5-2-6-11-17/h2,5-6,10-11,16H,1,3-4,7-9,12-15H2. The molecule has 1 aromatic carbocycles. The van der Waals surface area contributed by atoms with E-state index in [1.54, 1.807) is 24.3 Å². The lowest BCUT2D eigenvalue weighted by Gasteiger charge is -2.25. The number of hydrogen-bond donors (Lipinski definition) is 0. The summed E-state index contributed by atoms with van der Waals surface area (Å²) in [5, 5.41) is 0. The van der Waals surface area contributed by atoms with Gasteiger partial charge in [-0.05, 0) is 24.3 Å². The van der Waals surface area contributed by atoms with Crippen molar-refractivity contribution in [1.29, 1.82) is 0 Å². The predicted molar refractivity (Wildman–Crippen MR) is 90.1 cm³/mol. The molecule has 1 aromatic rings. The van der Waals surface area contributed by atoms with Crippen molar-refractivity contribution in [1.82, 2.24) is 4.90 Å². The van der Waals surface area contributed by atoms with Crippen molar-refractivity contribution < 1.29 is 22.7 Å². The highest BCUT2D eigenvalue weighted by atomic mass is 19.4. The van der Waals surface area contributed by atoms with Crippen LogP contribution in [-0.4, -0.2) is 30.3 Å². The molecule has 0 radical (unpaired) electrons. The molecule has 1 amide bonds. The first-order chi connectivity index (χ1) is 11.9. The van der Waals surface area contributed by atoms with Crippen molar-refractivity contribution in [2.45, 2.75) is 57.7 Å². The van der Waals surface area contributed by atoms with Gasteiger partial charge in [0.15, 0.2) is 0 Å². The number of ether oxygens (including phenoxy) is 1. The van der Waals surface area contributed by atoms with Crippen LogP contribution in [0.15, 0.2) is 30.3 Å². The highest BCUT2D eigenvalue weighted by Crippen LogP contribution is 2.27. The number of halogens is 3. The molecule has 0 atom stereocenters. The minimum atomic E-state index is -4.42. The fourth-order valence-corrected chi connectivity index (χ4v) is 3.31. The second kappa shape index (κ2) is 9.68. The van der Waals surface area contributed by atoms with Crippen LogP contribution in [0.2, 0.25) is 0 Å². The van der Waals surface area contributed by atoms with Gasteiger partial charge in [-0.15, -0.1) is 0 Å². The van der Waals surface area contributed by atoms with Gasteiger partial charge in [-0.2, -0.15) is 13.2 Å². The first-order valence-electron chi connectivity index (χ1n) is 8.96. The van der Waals surface area contributed by atoms with Gasteiger partial charge < -0.3 is 4.74 Å². The average Bonchev–Trinajstić information content (AvgIpc) is 2.59.